The van der Waals surface area contributed by atoms with Gasteiger partial charge in [-0.1, -0.05) is 66.7 Å². The van der Waals surface area contributed by atoms with Gasteiger partial charge >= 0.3 is 0 Å². The molecule has 1 amide bonds. The molecule has 1 atom stereocenters. The van der Waals surface area contributed by atoms with Gasteiger partial charge in [0.15, 0.2) is 4.34 Å². The molecule has 1 unspecified atom stereocenters. The topological polar surface area (TPSA) is 58.1 Å². The number of thioether (sulfide) groups is 1. The van der Waals surface area contributed by atoms with Gasteiger partial charge in [-0.15, -0.1) is 10.2 Å². The monoisotopic (exact) mass is 424 g/mol. The van der Waals surface area contributed by atoms with Crippen LogP contribution in [-0.4, -0.2) is 39.8 Å². The van der Waals surface area contributed by atoms with Gasteiger partial charge in [-0.2, -0.15) is 0 Å². The Bertz CT molecular complexity index is 768. The zero-order valence-corrected chi connectivity index (χ0v) is 18.0. The molecule has 5 nitrogen and oxygen atoms in total. The van der Waals surface area contributed by atoms with E-state index in [4.69, 9.17) is 11.6 Å². The van der Waals surface area contributed by atoms with Gasteiger partial charge in [0.2, 0.25) is 11.0 Å². The first-order valence-electron chi connectivity index (χ1n) is 9.24. The van der Waals surface area contributed by atoms with Crippen LogP contribution < -0.4 is 5.32 Å². The molecule has 8 heteroatoms. The average Bonchev–Trinajstić information content (AvgIpc) is 3.09. The molecule has 1 aliphatic rings. The van der Waals surface area contributed by atoms with Crippen molar-refractivity contribution in [3.8, 4) is 0 Å². The Hall–Kier alpha value is -1.15. The second-order valence-corrected chi connectivity index (χ2v) is 9.88. The summed E-state index contributed by atoms with van der Waals surface area (Å²) >= 11 is 9.41. The van der Waals surface area contributed by atoms with Crippen molar-refractivity contribution in [1.29, 1.82) is 0 Å². The predicted octanol–water partition coefficient (Wildman–Crippen LogP) is 4.79. The highest BCUT2D eigenvalue weighted by Gasteiger charge is 2.27. The Morgan fingerprint density at radius 2 is 2.22 bits per heavy atom. The first kappa shape index (κ1) is 20.6. The van der Waals surface area contributed by atoms with E-state index < -0.39 is 0 Å². The second kappa shape index (κ2) is 9.87. The fourth-order valence-corrected chi connectivity index (χ4v) is 4.97. The molecule has 1 aromatic carbocycles. The fraction of sp³-hybridized carbons (Fsp3) is 0.526. The summed E-state index contributed by atoms with van der Waals surface area (Å²) in [5, 5.41) is 12.6. The summed E-state index contributed by atoms with van der Waals surface area (Å²) in [4.78, 5) is 15.0. The van der Waals surface area contributed by atoms with Gasteiger partial charge in [0.05, 0.1) is 5.92 Å². The van der Waals surface area contributed by atoms with E-state index in [0.717, 1.165) is 53.2 Å². The molecular weight excluding hydrogens is 400 g/mol. The molecule has 0 saturated carbocycles. The largest absolute Gasteiger partial charge is 0.300 e. The van der Waals surface area contributed by atoms with Gasteiger partial charge < -0.3 is 5.32 Å². The van der Waals surface area contributed by atoms with Crippen LogP contribution >= 0.6 is 34.7 Å². The third-order valence-electron chi connectivity index (χ3n) is 4.40. The Morgan fingerprint density at radius 3 is 3.00 bits per heavy atom. The fourth-order valence-electron chi connectivity index (χ4n) is 3.04. The minimum Gasteiger partial charge on any atom is -0.300 e. The predicted molar refractivity (Wildman–Crippen MR) is 114 cm³/mol. The second-order valence-electron chi connectivity index (χ2n) is 7.23. The first-order chi connectivity index (χ1) is 13.0. The lowest BCUT2D eigenvalue weighted by Crippen LogP contribution is -2.40. The number of benzene rings is 1. The smallest absolute Gasteiger partial charge is 0.230 e. The number of hydrogen-bond donors (Lipinski definition) is 1. The normalized spacial score (nSPS) is 18.0. The van der Waals surface area contributed by atoms with Gasteiger partial charge in [0.1, 0.15) is 0 Å². The van der Waals surface area contributed by atoms with Crippen LogP contribution in [0.1, 0.15) is 32.3 Å². The van der Waals surface area contributed by atoms with E-state index >= 15 is 0 Å². The number of rotatable bonds is 7. The molecule has 0 aliphatic carbocycles. The molecule has 1 aromatic heterocycles. The van der Waals surface area contributed by atoms with Crippen LogP contribution in [0.4, 0.5) is 5.13 Å². The molecule has 1 fully saturated rings. The Balaban J connectivity index is 1.53. The molecule has 3 rings (SSSR count). The molecular formula is C19H25ClN4OS2. The van der Waals surface area contributed by atoms with Crippen molar-refractivity contribution in [2.75, 3.05) is 24.2 Å². The number of carbonyl (C=O) groups is 1. The zero-order valence-electron chi connectivity index (χ0n) is 15.7. The summed E-state index contributed by atoms with van der Waals surface area (Å²) in [6.45, 7) is 6.86. The molecule has 2 heterocycles. The average molecular weight is 425 g/mol. The zero-order chi connectivity index (χ0) is 19.2. The third kappa shape index (κ3) is 6.17. The maximum absolute atomic E-state index is 12.7. The van der Waals surface area contributed by atoms with E-state index in [1.807, 2.05) is 24.3 Å². The van der Waals surface area contributed by atoms with Gasteiger partial charge in [-0.25, -0.2) is 0 Å². The number of carbonyl (C=O) groups excluding carboxylic acids is 1. The molecule has 0 spiro atoms. The highest BCUT2D eigenvalue weighted by molar-refractivity contribution is 8.01. The lowest BCUT2D eigenvalue weighted by atomic mass is 9.97. The number of amides is 1. The van der Waals surface area contributed by atoms with Gasteiger partial charge in [0, 0.05) is 23.9 Å². The van der Waals surface area contributed by atoms with Gasteiger partial charge in [0.25, 0.3) is 0 Å². The van der Waals surface area contributed by atoms with Crippen LogP contribution in [0.5, 0.6) is 0 Å². The minimum atomic E-state index is -0.0306. The van der Waals surface area contributed by atoms with Crippen molar-refractivity contribution in [3.63, 3.8) is 0 Å². The van der Waals surface area contributed by atoms with E-state index in [-0.39, 0.29) is 11.8 Å². The van der Waals surface area contributed by atoms with Crippen LogP contribution in [0.25, 0.3) is 0 Å². The highest BCUT2D eigenvalue weighted by Crippen LogP contribution is 2.28. The summed E-state index contributed by atoms with van der Waals surface area (Å²) < 4.78 is 0.906. The number of nitrogens with one attached hydrogen (secondary N) is 1. The number of nitrogens with zero attached hydrogens (tertiary/aromatic N) is 3. The molecule has 0 radical (unpaired) electrons. The van der Waals surface area contributed by atoms with E-state index in [1.165, 1.54) is 11.3 Å². The number of likely N-dealkylation sites (tertiary alicyclic amines) is 1. The summed E-state index contributed by atoms with van der Waals surface area (Å²) in [5.41, 5.74) is 1.11. The summed E-state index contributed by atoms with van der Waals surface area (Å²) in [7, 11) is 0. The molecule has 1 saturated heterocycles. The van der Waals surface area contributed by atoms with Crippen molar-refractivity contribution >= 4 is 45.7 Å². The molecule has 2 aromatic rings. The Labute approximate surface area is 173 Å². The van der Waals surface area contributed by atoms with E-state index in [1.54, 1.807) is 11.8 Å². The van der Waals surface area contributed by atoms with E-state index in [0.29, 0.717) is 11.0 Å². The van der Waals surface area contributed by atoms with Crippen molar-refractivity contribution in [3.05, 3.63) is 34.9 Å². The lowest BCUT2D eigenvalue weighted by molar-refractivity contribution is -0.121. The lowest BCUT2D eigenvalue weighted by Gasteiger charge is -2.32. The van der Waals surface area contributed by atoms with Crippen molar-refractivity contribution in [1.82, 2.24) is 15.1 Å². The molecule has 0 bridgehead atoms. The van der Waals surface area contributed by atoms with Crippen LogP contribution in [0.2, 0.25) is 5.02 Å². The minimum absolute atomic E-state index is 0.0306. The SMILES string of the molecule is CC(C)CSc1nnc(NC(=O)C2CCCN(Cc3ccccc3Cl)C2)s1. The maximum Gasteiger partial charge on any atom is 0.230 e. The van der Waals surface area contributed by atoms with Crippen molar-refractivity contribution in [2.24, 2.45) is 11.8 Å². The van der Waals surface area contributed by atoms with Crippen LogP contribution in [-0.2, 0) is 11.3 Å². The van der Waals surface area contributed by atoms with Gasteiger partial charge in [-0.05, 0) is 36.9 Å². The third-order valence-corrected chi connectivity index (χ3v) is 7.17. The van der Waals surface area contributed by atoms with Crippen molar-refractivity contribution < 1.29 is 4.79 Å². The molecule has 1 aliphatic heterocycles. The molecule has 27 heavy (non-hydrogen) atoms. The maximum atomic E-state index is 12.7. The standard InChI is InChI=1S/C19H25ClN4OS2/c1-13(2)12-26-19-23-22-18(27-19)21-17(25)15-7-5-9-24(11-15)10-14-6-3-4-8-16(14)20/h3-4,6,8,13,15H,5,7,9-12H2,1-2H3,(H,21,22,25). The van der Waals surface area contributed by atoms with Crippen LogP contribution in [0.3, 0.4) is 0 Å². The number of piperidine rings is 1. The number of anilines is 1. The Morgan fingerprint density at radius 1 is 1.41 bits per heavy atom. The number of hydrogen-bond acceptors (Lipinski definition) is 6. The van der Waals surface area contributed by atoms with Crippen LogP contribution in [0, 0.1) is 11.8 Å². The molecule has 146 valence electrons. The summed E-state index contributed by atoms with van der Waals surface area (Å²) in [6, 6.07) is 7.90. The van der Waals surface area contributed by atoms with Gasteiger partial charge in [-0.3, -0.25) is 9.69 Å². The summed E-state index contributed by atoms with van der Waals surface area (Å²) in [6.07, 6.45) is 1.91. The molecule has 1 N–H and O–H groups in total. The highest BCUT2D eigenvalue weighted by atomic mass is 35.5. The number of aromatic nitrogens is 2. The summed E-state index contributed by atoms with van der Waals surface area (Å²) in [5.74, 6) is 1.61. The van der Waals surface area contributed by atoms with E-state index in [9.17, 15) is 4.79 Å². The Kier molecular flexibility index (Phi) is 7.52. The quantitative estimate of drug-likeness (QED) is 0.511. The van der Waals surface area contributed by atoms with E-state index in [2.05, 4.69) is 34.3 Å². The first-order valence-corrected chi connectivity index (χ1v) is 11.4. The van der Waals surface area contributed by atoms with Crippen LogP contribution in [0.15, 0.2) is 28.6 Å². The van der Waals surface area contributed by atoms with Crippen molar-refractivity contribution in [2.45, 2.75) is 37.6 Å². The number of halogens is 1.